The minimum atomic E-state index is -0.683. The first kappa shape index (κ1) is 27.2. The van der Waals surface area contributed by atoms with Crippen LogP contribution in [-0.4, -0.2) is 43.6 Å². The number of nitrogens with one attached hydrogen (secondary N) is 1. The fourth-order valence-corrected chi connectivity index (χ4v) is 5.32. The van der Waals surface area contributed by atoms with Crippen LogP contribution in [0, 0.1) is 5.92 Å². The summed E-state index contributed by atoms with van der Waals surface area (Å²) in [7, 11) is 1.33. The van der Waals surface area contributed by atoms with Crippen molar-refractivity contribution in [2.75, 3.05) is 25.7 Å². The van der Waals surface area contributed by atoms with Crippen LogP contribution in [0.4, 0.5) is 0 Å². The molecule has 1 heterocycles. The fraction of sp³-hybridized carbons (Fsp3) is 0.571. The van der Waals surface area contributed by atoms with E-state index in [4.69, 9.17) is 14.2 Å². The molecule has 0 bridgehead atoms. The molecule has 7 heteroatoms. The highest BCUT2D eigenvalue weighted by Gasteiger charge is 2.37. The Balaban J connectivity index is 1.84. The number of benzene rings is 1. The lowest BCUT2D eigenvalue weighted by atomic mass is 9.74. The molecular weight excluding hydrogens is 462 g/mol. The molecule has 3 atom stereocenters. The zero-order valence-electron chi connectivity index (χ0n) is 21.5. The van der Waals surface area contributed by atoms with Gasteiger partial charge in [-0.25, -0.2) is 4.79 Å². The van der Waals surface area contributed by atoms with E-state index in [9.17, 15) is 9.59 Å². The highest BCUT2D eigenvalue weighted by molar-refractivity contribution is 7.98. The molecule has 2 aliphatic rings. The SMILES string of the molecule is C=C1Oc2cc(CCCCC)cc(OCC(=O)NC(CCSC)C(=O)OC)c2C2C=C(C)CCC12. The second-order valence-corrected chi connectivity index (χ2v) is 10.4. The standard InChI is InChI=1S/C28H39NO5S/c1-6-7-8-9-20-15-24(33-17-26(30)29-23(12-13-35-5)28(31)32-4)27-22-14-18(2)10-11-21(22)19(3)34-25(27)16-20/h14-16,21-23H,3,6-13,17H2,1-2,4-5H3,(H,29,30). The van der Waals surface area contributed by atoms with Gasteiger partial charge in [-0.1, -0.05) is 38.0 Å². The van der Waals surface area contributed by atoms with Crippen LogP contribution in [0.2, 0.25) is 0 Å². The Hall–Kier alpha value is -2.41. The molecule has 3 rings (SSSR count). The number of aryl methyl sites for hydroxylation is 1. The lowest BCUT2D eigenvalue weighted by Gasteiger charge is -2.37. The van der Waals surface area contributed by atoms with Crippen molar-refractivity contribution in [2.24, 2.45) is 5.92 Å². The molecule has 6 nitrogen and oxygen atoms in total. The molecule has 1 aromatic rings. The van der Waals surface area contributed by atoms with Crippen LogP contribution in [0.3, 0.4) is 0 Å². The molecule has 1 aliphatic heterocycles. The molecule has 0 fully saturated rings. The molecule has 1 aromatic carbocycles. The third kappa shape index (κ3) is 7.06. The summed E-state index contributed by atoms with van der Waals surface area (Å²) in [6.45, 7) is 8.37. The van der Waals surface area contributed by atoms with Crippen LogP contribution >= 0.6 is 11.8 Å². The van der Waals surface area contributed by atoms with Gasteiger partial charge in [-0.05, 0) is 68.7 Å². The van der Waals surface area contributed by atoms with Gasteiger partial charge in [0, 0.05) is 17.4 Å². The van der Waals surface area contributed by atoms with E-state index in [0.717, 1.165) is 66.9 Å². The van der Waals surface area contributed by atoms with Crippen LogP contribution < -0.4 is 14.8 Å². The molecule has 0 saturated heterocycles. The van der Waals surface area contributed by atoms with Crippen LogP contribution in [0.1, 0.15) is 69.4 Å². The number of fused-ring (bicyclic) bond motifs is 3. The van der Waals surface area contributed by atoms with Gasteiger partial charge >= 0.3 is 5.97 Å². The van der Waals surface area contributed by atoms with E-state index < -0.39 is 12.0 Å². The Morgan fingerprint density at radius 3 is 2.83 bits per heavy atom. The number of hydrogen-bond donors (Lipinski definition) is 1. The van der Waals surface area contributed by atoms with E-state index in [1.807, 2.05) is 6.26 Å². The first-order valence-corrected chi connectivity index (χ1v) is 14.0. The molecule has 1 aliphatic carbocycles. The molecule has 1 amide bonds. The summed E-state index contributed by atoms with van der Waals surface area (Å²) in [5.41, 5.74) is 3.46. The largest absolute Gasteiger partial charge is 0.483 e. The zero-order chi connectivity index (χ0) is 25.4. The number of hydrogen-bond acceptors (Lipinski definition) is 6. The van der Waals surface area contributed by atoms with Crippen LogP contribution in [0.5, 0.6) is 11.5 Å². The number of amides is 1. The molecule has 192 valence electrons. The number of thioether (sulfide) groups is 1. The Labute approximate surface area is 213 Å². The smallest absolute Gasteiger partial charge is 0.328 e. The summed E-state index contributed by atoms with van der Waals surface area (Å²) in [5.74, 6) is 2.52. The average molecular weight is 502 g/mol. The summed E-state index contributed by atoms with van der Waals surface area (Å²) in [5, 5.41) is 2.77. The van der Waals surface area contributed by atoms with Crippen molar-refractivity contribution in [1.82, 2.24) is 5.32 Å². The number of methoxy groups -OCH3 is 1. The summed E-state index contributed by atoms with van der Waals surface area (Å²) >= 11 is 1.61. The Kier molecular flexibility index (Phi) is 10.1. The maximum absolute atomic E-state index is 12.8. The van der Waals surface area contributed by atoms with Crippen LogP contribution in [-0.2, 0) is 20.7 Å². The maximum Gasteiger partial charge on any atom is 0.328 e. The Morgan fingerprint density at radius 1 is 1.31 bits per heavy atom. The summed E-state index contributed by atoms with van der Waals surface area (Å²) in [6, 6.07) is 3.48. The Bertz CT molecular complexity index is 957. The minimum absolute atomic E-state index is 0.118. The number of carbonyl (C=O) groups excluding carboxylic acids is 2. The normalized spacial score (nSPS) is 19.5. The van der Waals surface area contributed by atoms with Crippen LogP contribution in [0.25, 0.3) is 0 Å². The predicted molar refractivity (Wildman–Crippen MR) is 141 cm³/mol. The van der Waals surface area contributed by atoms with Gasteiger partial charge in [0.25, 0.3) is 5.91 Å². The van der Waals surface area contributed by atoms with Crippen molar-refractivity contribution < 1.29 is 23.8 Å². The molecule has 3 unspecified atom stereocenters. The van der Waals surface area contributed by atoms with Gasteiger partial charge in [-0.2, -0.15) is 11.8 Å². The second-order valence-electron chi connectivity index (χ2n) is 9.43. The molecule has 0 saturated carbocycles. The van der Waals surface area contributed by atoms with Crippen LogP contribution in [0.15, 0.2) is 36.1 Å². The lowest BCUT2D eigenvalue weighted by molar-refractivity contribution is -0.145. The minimum Gasteiger partial charge on any atom is -0.483 e. The topological polar surface area (TPSA) is 73.9 Å². The number of ether oxygens (including phenoxy) is 3. The van der Waals surface area contributed by atoms with E-state index in [1.165, 1.54) is 12.7 Å². The quantitative estimate of drug-likeness (QED) is 0.230. The number of esters is 1. The highest BCUT2D eigenvalue weighted by Crippen LogP contribution is 2.51. The zero-order valence-corrected chi connectivity index (χ0v) is 22.3. The maximum atomic E-state index is 12.8. The van der Waals surface area contributed by atoms with Gasteiger partial charge in [-0.15, -0.1) is 0 Å². The molecule has 1 N–H and O–H groups in total. The molecular formula is C28H39NO5S. The van der Waals surface area contributed by atoms with Gasteiger partial charge < -0.3 is 19.5 Å². The highest BCUT2D eigenvalue weighted by atomic mass is 32.2. The van der Waals surface area contributed by atoms with Gasteiger partial charge in [0.05, 0.1) is 7.11 Å². The van der Waals surface area contributed by atoms with Gasteiger partial charge in [0.15, 0.2) is 6.61 Å². The van der Waals surface area contributed by atoms with Crippen molar-refractivity contribution in [3.8, 4) is 11.5 Å². The predicted octanol–water partition coefficient (Wildman–Crippen LogP) is 5.56. The monoisotopic (exact) mass is 501 g/mol. The van der Waals surface area contributed by atoms with Crippen molar-refractivity contribution >= 4 is 23.6 Å². The van der Waals surface area contributed by atoms with E-state index in [0.29, 0.717) is 12.2 Å². The van der Waals surface area contributed by atoms with Gasteiger partial charge in [-0.3, -0.25) is 4.79 Å². The third-order valence-electron chi connectivity index (χ3n) is 6.76. The molecule has 35 heavy (non-hydrogen) atoms. The van der Waals surface area contributed by atoms with Crippen molar-refractivity contribution in [3.05, 3.63) is 47.2 Å². The van der Waals surface area contributed by atoms with Gasteiger partial charge in [0.1, 0.15) is 23.3 Å². The Morgan fingerprint density at radius 2 is 2.11 bits per heavy atom. The summed E-state index contributed by atoms with van der Waals surface area (Å²) in [4.78, 5) is 24.8. The van der Waals surface area contributed by atoms with E-state index in [-0.39, 0.29) is 24.3 Å². The second kappa shape index (κ2) is 13.1. The van der Waals surface area contributed by atoms with E-state index >= 15 is 0 Å². The number of rotatable bonds is 12. The number of allylic oxidation sites excluding steroid dienone is 3. The average Bonchev–Trinajstić information content (AvgIpc) is 2.84. The summed E-state index contributed by atoms with van der Waals surface area (Å²) in [6.07, 6.45) is 11.1. The van der Waals surface area contributed by atoms with E-state index in [2.05, 4.69) is 44.0 Å². The molecule has 0 spiro atoms. The van der Waals surface area contributed by atoms with E-state index in [1.54, 1.807) is 11.8 Å². The number of carbonyl (C=O) groups is 2. The summed E-state index contributed by atoms with van der Waals surface area (Å²) < 4.78 is 17.2. The van der Waals surface area contributed by atoms with Crippen molar-refractivity contribution in [1.29, 1.82) is 0 Å². The van der Waals surface area contributed by atoms with Gasteiger partial charge in [0.2, 0.25) is 0 Å². The third-order valence-corrected chi connectivity index (χ3v) is 7.40. The first-order chi connectivity index (χ1) is 16.9. The molecule has 0 radical (unpaired) electrons. The van der Waals surface area contributed by atoms with Crippen molar-refractivity contribution in [2.45, 2.75) is 70.8 Å². The molecule has 0 aromatic heterocycles. The first-order valence-electron chi connectivity index (χ1n) is 12.6. The van der Waals surface area contributed by atoms with Crippen molar-refractivity contribution in [3.63, 3.8) is 0 Å². The lowest BCUT2D eigenvalue weighted by Crippen LogP contribution is -2.44. The fourth-order valence-electron chi connectivity index (χ4n) is 4.85. The number of unbranched alkanes of at least 4 members (excludes halogenated alkanes) is 2.